The summed E-state index contributed by atoms with van der Waals surface area (Å²) in [6.07, 6.45) is 2.71. The molecule has 1 radical (unpaired) electrons. The summed E-state index contributed by atoms with van der Waals surface area (Å²) in [5.41, 5.74) is 0. The van der Waals surface area contributed by atoms with Crippen LogP contribution in [0.4, 0.5) is 0 Å². The fraction of sp³-hybridized carbons (Fsp3) is 0.429. The maximum Gasteiger partial charge on any atom is 0.233 e. The first-order valence-corrected chi connectivity index (χ1v) is 3.15. The van der Waals surface area contributed by atoms with Crippen molar-refractivity contribution >= 4 is 0 Å². The molecule has 0 saturated heterocycles. The highest BCUT2D eigenvalue weighted by atomic mass is 16.5. The number of hydrogen-bond acceptors (Lipinski definition) is 3. The smallest absolute Gasteiger partial charge is 0.233 e. The van der Waals surface area contributed by atoms with Gasteiger partial charge in [0.05, 0.1) is 6.10 Å². The summed E-state index contributed by atoms with van der Waals surface area (Å²) in [5, 5.41) is 7.23. The molecule has 0 spiro atoms. The van der Waals surface area contributed by atoms with E-state index < -0.39 is 0 Å². The fourth-order valence-corrected chi connectivity index (χ4v) is 0.558. The fourth-order valence-electron chi connectivity index (χ4n) is 0.558. The number of nitrogens with zero attached hydrogens (tertiary/aromatic N) is 2. The van der Waals surface area contributed by atoms with Gasteiger partial charge >= 0.3 is 0 Å². The van der Waals surface area contributed by atoms with Crippen LogP contribution in [0.5, 0.6) is 5.88 Å². The first kappa shape index (κ1) is 6.99. The Bertz CT molecular complexity index is 186. The largest absolute Gasteiger partial charge is 0.474 e. The summed E-state index contributed by atoms with van der Waals surface area (Å²) in [5.74, 6) is 0.550. The average Bonchev–Trinajstić information content (AvgIpc) is 1.88. The second-order valence-electron chi connectivity index (χ2n) is 2.17. The van der Waals surface area contributed by atoms with Gasteiger partial charge in [-0.1, -0.05) is 0 Å². The van der Waals surface area contributed by atoms with Crippen molar-refractivity contribution in [3.05, 3.63) is 18.3 Å². The topological polar surface area (TPSA) is 35.0 Å². The Hall–Kier alpha value is -1.12. The lowest BCUT2D eigenvalue weighted by atomic mass is 10.5. The maximum absolute atomic E-state index is 5.22. The highest BCUT2D eigenvalue weighted by Crippen LogP contribution is 2.03. The Labute approximate surface area is 60.0 Å². The molecule has 0 saturated carbocycles. The Morgan fingerprint density at radius 1 is 1.60 bits per heavy atom. The molecule has 0 N–H and O–H groups in total. The van der Waals surface area contributed by atoms with Gasteiger partial charge in [-0.3, -0.25) is 0 Å². The lowest BCUT2D eigenvalue weighted by Gasteiger charge is -2.05. The van der Waals surface area contributed by atoms with Gasteiger partial charge in [-0.25, -0.2) is 0 Å². The summed E-state index contributed by atoms with van der Waals surface area (Å²) in [7, 11) is 0. The molecule has 1 heterocycles. The van der Waals surface area contributed by atoms with Crippen LogP contribution >= 0.6 is 0 Å². The van der Waals surface area contributed by atoms with E-state index in [1.54, 1.807) is 12.1 Å². The van der Waals surface area contributed by atoms with Gasteiger partial charge in [0, 0.05) is 6.07 Å². The molecule has 0 amide bonds. The molecule has 0 aliphatic carbocycles. The molecule has 1 aromatic rings. The van der Waals surface area contributed by atoms with Crippen molar-refractivity contribution in [1.29, 1.82) is 0 Å². The van der Waals surface area contributed by atoms with Crippen molar-refractivity contribution in [3.63, 3.8) is 0 Å². The van der Waals surface area contributed by atoms with Crippen molar-refractivity contribution in [2.75, 3.05) is 0 Å². The molecule has 1 aromatic heterocycles. The average molecular weight is 137 g/mol. The summed E-state index contributed by atoms with van der Waals surface area (Å²) < 4.78 is 5.22. The highest BCUT2D eigenvalue weighted by molar-refractivity contribution is 5.04. The minimum atomic E-state index is 0.150. The number of ether oxygens (including phenoxy) is 1. The number of rotatable bonds is 2. The zero-order chi connectivity index (χ0) is 7.40. The quantitative estimate of drug-likeness (QED) is 0.611. The lowest BCUT2D eigenvalue weighted by Crippen LogP contribution is -2.06. The van der Waals surface area contributed by atoms with E-state index in [2.05, 4.69) is 16.4 Å². The van der Waals surface area contributed by atoms with Crippen LogP contribution in [-0.4, -0.2) is 16.3 Å². The zero-order valence-corrected chi connectivity index (χ0v) is 6.03. The van der Waals surface area contributed by atoms with E-state index in [9.17, 15) is 0 Å². The summed E-state index contributed by atoms with van der Waals surface area (Å²) in [4.78, 5) is 0. The molecule has 0 aromatic carbocycles. The Balaban J connectivity index is 2.59. The minimum absolute atomic E-state index is 0.150. The van der Waals surface area contributed by atoms with Crippen LogP contribution in [-0.2, 0) is 0 Å². The molecule has 0 atom stereocenters. The van der Waals surface area contributed by atoms with E-state index in [1.807, 2.05) is 13.8 Å². The van der Waals surface area contributed by atoms with Crippen LogP contribution in [0.25, 0.3) is 0 Å². The second kappa shape index (κ2) is 3.15. The van der Waals surface area contributed by atoms with Gasteiger partial charge in [0.25, 0.3) is 0 Å². The third-order valence-corrected chi connectivity index (χ3v) is 0.863. The first-order chi connectivity index (χ1) is 4.79. The maximum atomic E-state index is 5.22. The molecular weight excluding hydrogens is 128 g/mol. The number of hydrogen-bond donors (Lipinski definition) is 0. The van der Waals surface area contributed by atoms with Crippen molar-refractivity contribution in [2.24, 2.45) is 0 Å². The summed E-state index contributed by atoms with van der Waals surface area (Å²) >= 11 is 0. The van der Waals surface area contributed by atoms with Crippen molar-refractivity contribution in [1.82, 2.24) is 10.2 Å². The van der Waals surface area contributed by atoms with Gasteiger partial charge in [-0.2, -0.15) is 0 Å². The second-order valence-corrected chi connectivity index (χ2v) is 2.17. The van der Waals surface area contributed by atoms with Gasteiger partial charge in [-0.15, -0.1) is 10.2 Å². The molecule has 0 unspecified atom stereocenters. The van der Waals surface area contributed by atoms with E-state index in [0.29, 0.717) is 5.88 Å². The van der Waals surface area contributed by atoms with E-state index in [4.69, 9.17) is 4.74 Å². The summed E-state index contributed by atoms with van der Waals surface area (Å²) in [6.45, 7) is 3.89. The minimum Gasteiger partial charge on any atom is -0.474 e. The molecule has 3 heteroatoms. The van der Waals surface area contributed by atoms with Crippen molar-refractivity contribution in [3.8, 4) is 5.88 Å². The molecule has 0 fully saturated rings. The monoisotopic (exact) mass is 137 g/mol. The molecule has 0 bridgehead atoms. The standard InChI is InChI=1S/C7H9N2O/c1-6(2)10-7-4-3-5-8-9-7/h3-4,6H,1-2H3. The number of aromatic nitrogens is 2. The normalized spacial score (nSPS) is 9.90. The van der Waals surface area contributed by atoms with Crippen molar-refractivity contribution < 1.29 is 4.74 Å². The third kappa shape index (κ3) is 2.01. The SMILES string of the molecule is CC(C)Oc1cc[c]nn1. The summed E-state index contributed by atoms with van der Waals surface area (Å²) in [6, 6.07) is 3.40. The predicted molar refractivity (Wildman–Crippen MR) is 36.6 cm³/mol. The molecule has 53 valence electrons. The van der Waals surface area contributed by atoms with Gasteiger partial charge in [0.1, 0.15) is 6.20 Å². The van der Waals surface area contributed by atoms with Crippen LogP contribution in [0.2, 0.25) is 0 Å². The van der Waals surface area contributed by atoms with Gasteiger partial charge < -0.3 is 4.74 Å². The van der Waals surface area contributed by atoms with Gasteiger partial charge in [0.2, 0.25) is 5.88 Å². The van der Waals surface area contributed by atoms with E-state index in [-0.39, 0.29) is 6.10 Å². The van der Waals surface area contributed by atoms with Gasteiger partial charge in [0.15, 0.2) is 0 Å². The molecule has 10 heavy (non-hydrogen) atoms. The van der Waals surface area contributed by atoms with Crippen LogP contribution in [0.15, 0.2) is 12.1 Å². The molecule has 0 aliphatic rings. The van der Waals surface area contributed by atoms with Crippen LogP contribution < -0.4 is 4.74 Å². The molecule has 0 aliphatic heterocycles. The Morgan fingerprint density at radius 3 is 2.90 bits per heavy atom. The first-order valence-electron chi connectivity index (χ1n) is 3.15. The lowest BCUT2D eigenvalue weighted by molar-refractivity contribution is 0.230. The third-order valence-electron chi connectivity index (χ3n) is 0.863. The zero-order valence-electron chi connectivity index (χ0n) is 6.03. The Kier molecular flexibility index (Phi) is 2.20. The molecular formula is C7H9N2O. The van der Waals surface area contributed by atoms with Crippen LogP contribution in [0.3, 0.4) is 0 Å². The molecule has 3 nitrogen and oxygen atoms in total. The van der Waals surface area contributed by atoms with Gasteiger partial charge in [-0.05, 0) is 19.9 Å². The van der Waals surface area contributed by atoms with Crippen LogP contribution in [0.1, 0.15) is 13.8 Å². The molecule has 1 rings (SSSR count). The van der Waals surface area contributed by atoms with Crippen LogP contribution in [0, 0.1) is 6.20 Å². The van der Waals surface area contributed by atoms with Crippen molar-refractivity contribution in [2.45, 2.75) is 20.0 Å². The van der Waals surface area contributed by atoms with E-state index in [0.717, 1.165) is 0 Å². The van der Waals surface area contributed by atoms with E-state index >= 15 is 0 Å². The predicted octanol–water partition coefficient (Wildman–Crippen LogP) is 1.06. The highest BCUT2D eigenvalue weighted by Gasteiger charge is 1.95. The Morgan fingerprint density at radius 2 is 2.40 bits per heavy atom. The van der Waals surface area contributed by atoms with E-state index in [1.165, 1.54) is 0 Å².